The summed E-state index contributed by atoms with van der Waals surface area (Å²) in [5, 5.41) is 0. The standard InChI is InChI=1S/C14H30/c1-8-10-14(7,13(4,5)6)11-9-12(2)3/h12H,8-11H2,1-7H3. The first-order valence-corrected chi connectivity index (χ1v) is 6.23. The number of hydrogen-bond acceptors (Lipinski definition) is 0. The smallest absolute Gasteiger partial charge is 0.0277 e. The van der Waals surface area contributed by atoms with Crippen molar-refractivity contribution in [2.75, 3.05) is 0 Å². The summed E-state index contributed by atoms with van der Waals surface area (Å²) in [5.74, 6) is 0.841. The van der Waals surface area contributed by atoms with Crippen LogP contribution < -0.4 is 0 Å². The lowest BCUT2D eigenvalue weighted by molar-refractivity contribution is 0.0768. The van der Waals surface area contributed by atoms with Crippen LogP contribution in [0.25, 0.3) is 0 Å². The third-order valence-electron chi connectivity index (χ3n) is 3.89. The Morgan fingerprint density at radius 3 is 1.71 bits per heavy atom. The van der Waals surface area contributed by atoms with E-state index in [0.717, 1.165) is 5.92 Å². The molecule has 0 saturated carbocycles. The second kappa shape index (κ2) is 5.19. The minimum Gasteiger partial charge on any atom is -0.0654 e. The Morgan fingerprint density at radius 2 is 1.43 bits per heavy atom. The van der Waals surface area contributed by atoms with Crippen molar-refractivity contribution in [3.8, 4) is 0 Å². The quantitative estimate of drug-likeness (QED) is 0.564. The molecule has 86 valence electrons. The minimum absolute atomic E-state index is 0.442. The van der Waals surface area contributed by atoms with E-state index >= 15 is 0 Å². The lowest BCUT2D eigenvalue weighted by atomic mass is 9.63. The molecule has 0 bridgehead atoms. The third kappa shape index (κ3) is 4.02. The largest absolute Gasteiger partial charge is 0.0654 e. The fraction of sp³-hybridized carbons (Fsp3) is 1.00. The summed E-state index contributed by atoms with van der Waals surface area (Å²) in [7, 11) is 0. The summed E-state index contributed by atoms with van der Waals surface area (Å²) in [6.07, 6.45) is 5.42. The SMILES string of the molecule is CCCC(C)(CCC(C)C)C(C)(C)C. The van der Waals surface area contributed by atoms with Crippen LogP contribution in [-0.2, 0) is 0 Å². The molecule has 0 aromatic heterocycles. The van der Waals surface area contributed by atoms with Gasteiger partial charge in [0.15, 0.2) is 0 Å². The van der Waals surface area contributed by atoms with E-state index in [4.69, 9.17) is 0 Å². The molecule has 0 aromatic carbocycles. The zero-order valence-corrected chi connectivity index (χ0v) is 11.4. The van der Waals surface area contributed by atoms with Crippen molar-refractivity contribution in [2.45, 2.75) is 74.1 Å². The van der Waals surface area contributed by atoms with Gasteiger partial charge in [0.2, 0.25) is 0 Å². The van der Waals surface area contributed by atoms with Gasteiger partial charge in [0.1, 0.15) is 0 Å². The molecule has 0 rings (SSSR count). The van der Waals surface area contributed by atoms with Gasteiger partial charge in [-0.1, -0.05) is 61.3 Å². The number of rotatable bonds is 5. The molecule has 0 radical (unpaired) electrons. The monoisotopic (exact) mass is 198 g/mol. The van der Waals surface area contributed by atoms with Crippen LogP contribution in [0.1, 0.15) is 74.1 Å². The molecule has 0 saturated heterocycles. The molecular weight excluding hydrogens is 168 g/mol. The van der Waals surface area contributed by atoms with Crippen LogP contribution in [0.2, 0.25) is 0 Å². The zero-order valence-electron chi connectivity index (χ0n) is 11.4. The van der Waals surface area contributed by atoms with Gasteiger partial charge in [0, 0.05) is 0 Å². The highest BCUT2D eigenvalue weighted by Gasteiger charge is 2.35. The molecule has 0 amide bonds. The fourth-order valence-electron chi connectivity index (χ4n) is 2.03. The number of hydrogen-bond donors (Lipinski definition) is 0. The van der Waals surface area contributed by atoms with Gasteiger partial charge in [-0.15, -0.1) is 0 Å². The van der Waals surface area contributed by atoms with E-state index in [-0.39, 0.29) is 0 Å². The minimum atomic E-state index is 0.442. The molecule has 0 aliphatic rings. The third-order valence-corrected chi connectivity index (χ3v) is 3.89. The van der Waals surface area contributed by atoms with Crippen molar-refractivity contribution in [1.29, 1.82) is 0 Å². The van der Waals surface area contributed by atoms with E-state index < -0.39 is 0 Å². The summed E-state index contributed by atoms with van der Waals surface area (Å²) in [6, 6.07) is 0. The van der Waals surface area contributed by atoms with Gasteiger partial charge in [0.05, 0.1) is 0 Å². The van der Waals surface area contributed by atoms with Crippen molar-refractivity contribution < 1.29 is 0 Å². The van der Waals surface area contributed by atoms with Gasteiger partial charge >= 0.3 is 0 Å². The average molecular weight is 198 g/mol. The highest BCUT2D eigenvalue weighted by molar-refractivity contribution is 4.86. The van der Waals surface area contributed by atoms with E-state index in [1.165, 1.54) is 25.7 Å². The molecule has 0 aliphatic carbocycles. The molecule has 1 unspecified atom stereocenters. The summed E-state index contributed by atoms with van der Waals surface area (Å²) in [4.78, 5) is 0. The maximum atomic E-state index is 2.47. The van der Waals surface area contributed by atoms with Crippen LogP contribution in [0.5, 0.6) is 0 Å². The zero-order chi connectivity index (χ0) is 11.4. The molecule has 0 heterocycles. The van der Waals surface area contributed by atoms with Crippen LogP contribution in [0.15, 0.2) is 0 Å². The second-order valence-electron chi connectivity index (χ2n) is 6.49. The first kappa shape index (κ1) is 14.0. The van der Waals surface area contributed by atoms with Crippen molar-refractivity contribution in [3.05, 3.63) is 0 Å². The average Bonchev–Trinajstić information content (AvgIpc) is 1.99. The molecule has 0 nitrogen and oxygen atoms in total. The van der Waals surface area contributed by atoms with Gasteiger partial charge in [0.25, 0.3) is 0 Å². The Labute approximate surface area is 91.5 Å². The van der Waals surface area contributed by atoms with Gasteiger partial charge in [-0.25, -0.2) is 0 Å². The molecule has 1 atom stereocenters. The lowest BCUT2D eigenvalue weighted by Crippen LogP contribution is -2.33. The molecule has 0 aliphatic heterocycles. The van der Waals surface area contributed by atoms with Crippen LogP contribution >= 0.6 is 0 Å². The predicted molar refractivity (Wildman–Crippen MR) is 66.5 cm³/mol. The molecular formula is C14H30. The Bertz CT molecular complexity index is 150. The first-order chi connectivity index (χ1) is 6.23. The van der Waals surface area contributed by atoms with Crippen LogP contribution in [-0.4, -0.2) is 0 Å². The fourth-order valence-corrected chi connectivity index (χ4v) is 2.03. The van der Waals surface area contributed by atoms with Gasteiger partial charge < -0.3 is 0 Å². The summed E-state index contributed by atoms with van der Waals surface area (Å²) in [5.41, 5.74) is 0.962. The highest BCUT2D eigenvalue weighted by Crippen LogP contribution is 2.46. The summed E-state index contributed by atoms with van der Waals surface area (Å²) >= 11 is 0. The van der Waals surface area contributed by atoms with E-state index in [1.54, 1.807) is 0 Å². The highest BCUT2D eigenvalue weighted by atomic mass is 14.4. The van der Waals surface area contributed by atoms with E-state index in [1.807, 2.05) is 0 Å². The van der Waals surface area contributed by atoms with Crippen LogP contribution in [0, 0.1) is 16.7 Å². The molecule has 0 aromatic rings. The lowest BCUT2D eigenvalue weighted by Gasteiger charge is -2.43. The molecule has 14 heavy (non-hydrogen) atoms. The molecule has 0 fully saturated rings. The van der Waals surface area contributed by atoms with Gasteiger partial charge in [-0.05, 0) is 29.6 Å². The van der Waals surface area contributed by atoms with Crippen LogP contribution in [0.3, 0.4) is 0 Å². The van der Waals surface area contributed by atoms with E-state index in [9.17, 15) is 0 Å². The predicted octanol–water partition coefficient (Wildman–Crippen LogP) is 5.28. The second-order valence-corrected chi connectivity index (χ2v) is 6.49. The molecule has 0 N–H and O–H groups in total. The topological polar surface area (TPSA) is 0 Å². The van der Waals surface area contributed by atoms with Crippen molar-refractivity contribution in [2.24, 2.45) is 16.7 Å². The normalized spacial score (nSPS) is 17.1. The van der Waals surface area contributed by atoms with Crippen molar-refractivity contribution in [1.82, 2.24) is 0 Å². The molecule has 0 heteroatoms. The van der Waals surface area contributed by atoms with Crippen LogP contribution in [0.4, 0.5) is 0 Å². The van der Waals surface area contributed by atoms with Gasteiger partial charge in [-0.2, -0.15) is 0 Å². The summed E-state index contributed by atoms with van der Waals surface area (Å²) < 4.78 is 0. The van der Waals surface area contributed by atoms with Gasteiger partial charge in [-0.3, -0.25) is 0 Å². The Morgan fingerprint density at radius 1 is 0.929 bits per heavy atom. The maximum absolute atomic E-state index is 2.47. The Kier molecular flexibility index (Phi) is 5.19. The van der Waals surface area contributed by atoms with Crippen molar-refractivity contribution >= 4 is 0 Å². The van der Waals surface area contributed by atoms with E-state index in [0.29, 0.717) is 10.8 Å². The first-order valence-electron chi connectivity index (χ1n) is 6.23. The Hall–Kier alpha value is 0. The molecule has 0 spiro atoms. The van der Waals surface area contributed by atoms with E-state index in [2.05, 4.69) is 48.5 Å². The van der Waals surface area contributed by atoms with Crippen molar-refractivity contribution in [3.63, 3.8) is 0 Å². The summed E-state index contributed by atoms with van der Waals surface area (Å²) in [6.45, 7) is 16.6. The Balaban J connectivity index is 4.40. The maximum Gasteiger partial charge on any atom is -0.0277 e.